The van der Waals surface area contributed by atoms with Gasteiger partial charge in [-0.05, 0) is 58.5 Å². The molecule has 2 heterocycles. The van der Waals surface area contributed by atoms with E-state index in [1.807, 2.05) is 13.8 Å². The molecule has 1 aromatic rings. The quantitative estimate of drug-likeness (QED) is 0.899. The summed E-state index contributed by atoms with van der Waals surface area (Å²) < 4.78 is 5.68. The maximum atomic E-state index is 12.4. The largest absolute Gasteiger partial charge is 0.444 e. The first-order valence-electron chi connectivity index (χ1n) is 9.40. The van der Waals surface area contributed by atoms with Crippen LogP contribution in [0, 0.1) is 25.2 Å². The number of carbonyl (C=O) groups is 1. The fraction of sp³-hybridized carbons (Fsp3) is 0.789. The molecular formula is C19H31N3O2. The van der Waals surface area contributed by atoms with Crippen LogP contribution in [0.2, 0.25) is 0 Å². The topological polar surface area (TPSA) is 58.4 Å². The van der Waals surface area contributed by atoms with Crippen LogP contribution in [0.15, 0.2) is 4.42 Å². The highest BCUT2D eigenvalue weighted by atomic mass is 16.4. The maximum Gasteiger partial charge on any atom is 0.225 e. The van der Waals surface area contributed by atoms with Crippen LogP contribution in [0.3, 0.4) is 0 Å². The summed E-state index contributed by atoms with van der Waals surface area (Å²) in [6.45, 7) is 9.81. The number of nitrogens with zero attached hydrogens (tertiary/aromatic N) is 2. The Hall–Kier alpha value is -1.36. The number of piperidine rings is 1. The molecule has 0 radical (unpaired) electrons. The van der Waals surface area contributed by atoms with Gasteiger partial charge in [-0.3, -0.25) is 9.69 Å². The molecule has 24 heavy (non-hydrogen) atoms. The second-order valence-corrected chi connectivity index (χ2v) is 7.95. The van der Waals surface area contributed by atoms with Gasteiger partial charge in [0.15, 0.2) is 0 Å². The van der Waals surface area contributed by atoms with Crippen molar-refractivity contribution >= 4 is 5.91 Å². The highest BCUT2D eigenvalue weighted by Crippen LogP contribution is 2.37. The van der Waals surface area contributed by atoms with E-state index in [1.165, 1.54) is 12.8 Å². The summed E-state index contributed by atoms with van der Waals surface area (Å²) in [6, 6.07) is 0. The highest BCUT2D eigenvalue weighted by molar-refractivity contribution is 5.82. The van der Waals surface area contributed by atoms with E-state index in [1.54, 1.807) is 0 Å². The maximum absolute atomic E-state index is 12.4. The van der Waals surface area contributed by atoms with Crippen molar-refractivity contribution in [3.8, 4) is 0 Å². The standard InChI is InChI=1S/C19H31N3O2/c1-14-15(2)24-17(21-14)13-22-10-6-16(7-11-22)12-20-18(23)19(3)8-4-5-9-19/h16H,4-13H2,1-3H3,(H,20,23). The van der Waals surface area contributed by atoms with E-state index in [0.717, 1.165) is 69.2 Å². The van der Waals surface area contributed by atoms with Crippen LogP contribution in [-0.4, -0.2) is 35.4 Å². The van der Waals surface area contributed by atoms with Crippen LogP contribution < -0.4 is 5.32 Å². The number of aromatic nitrogens is 1. The molecule has 1 saturated carbocycles. The Morgan fingerprint density at radius 1 is 1.29 bits per heavy atom. The molecule has 2 aliphatic rings. The normalized spacial score (nSPS) is 22.0. The molecule has 1 amide bonds. The predicted molar refractivity (Wildman–Crippen MR) is 93.6 cm³/mol. The molecule has 0 bridgehead atoms. The third kappa shape index (κ3) is 4.00. The Bertz CT molecular complexity index is 548. The number of rotatable bonds is 5. The zero-order valence-corrected chi connectivity index (χ0v) is 15.4. The van der Waals surface area contributed by atoms with Crippen molar-refractivity contribution in [3.05, 3.63) is 17.3 Å². The van der Waals surface area contributed by atoms with Crippen molar-refractivity contribution in [2.45, 2.75) is 65.8 Å². The lowest BCUT2D eigenvalue weighted by atomic mass is 9.87. The van der Waals surface area contributed by atoms with Gasteiger partial charge in [-0.25, -0.2) is 4.98 Å². The molecule has 1 aliphatic carbocycles. The molecule has 2 fully saturated rings. The van der Waals surface area contributed by atoms with Gasteiger partial charge in [0.1, 0.15) is 5.76 Å². The van der Waals surface area contributed by atoms with Gasteiger partial charge in [0.2, 0.25) is 11.8 Å². The highest BCUT2D eigenvalue weighted by Gasteiger charge is 2.36. The van der Waals surface area contributed by atoms with Crippen molar-refractivity contribution in [1.82, 2.24) is 15.2 Å². The second-order valence-electron chi connectivity index (χ2n) is 7.95. The minimum Gasteiger partial charge on any atom is -0.444 e. The summed E-state index contributed by atoms with van der Waals surface area (Å²) in [7, 11) is 0. The lowest BCUT2D eigenvalue weighted by Gasteiger charge is -2.32. The van der Waals surface area contributed by atoms with Gasteiger partial charge in [0.05, 0.1) is 12.2 Å². The van der Waals surface area contributed by atoms with E-state index in [9.17, 15) is 4.79 Å². The van der Waals surface area contributed by atoms with Gasteiger partial charge >= 0.3 is 0 Å². The monoisotopic (exact) mass is 333 g/mol. The Labute approximate surface area is 145 Å². The second kappa shape index (κ2) is 7.26. The Morgan fingerprint density at radius 2 is 1.96 bits per heavy atom. The zero-order chi connectivity index (χ0) is 17.2. The fourth-order valence-electron chi connectivity index (χ4n) is 3.98. The number of hydrogen-bond donors (Lipinski definition) is 1. The summed E-state index contributed by atoms with van der Waals surface area (Å²) >= 11 is 0. The van der Waals surface area contributed by atoms with Crippen molar-refractivity contribution in [2.24, 2.45) is 11.3 Å². The first-order chi connectivity index (χ1) is 11.5. The molecule has 1 saturated heterocycles. The Morgan fingerprint density at radius 3 is 2.54 bits per heavy atom. The molecular weight excluding hydrogens is 302 g/mol. The summed E-state index contributed by atoms with van der Waals surface area (Å²) in [6.07, 6.45) is 6.76. The number of amides is 1. The first kappa shape index (κ1) is 17.5. The molecule has 0 aromatic carbocycles. The van der Waals surface area contributed by atoms with Gasteiger partial charge in [0, 0.05) is 12.0 Å². The van der Waals surface area contributed by atoms with Gasteiger partial charge in [-0.1, -0.05) is 19.8 Å². The minimum atomic E-state index is -0.110. The first-order valence-corrected chi connectivity index (χ1v) is 9.40. The van der Waals surface area contributed by atoms with E-state index in [0.29, 0.717) is 5.92 Å². The third-order valence-electron chi connectivity index (χ3n) is 5.95. The average Bonchev–Trinajstić information content (AvgIpc) is 3.13. The van der Waals surface area contributed by atoms with Gasteiger partial charge in [-0.2, -0.15) is 0 Å². The lowest BCUT2D eigenvalue weighted by molar-refractivity contribution is -0.130. The van der Waals surface area contributed by atoms with Crippen molar-refractivity contribution in [1.29, 1.82) is 0 Å². The Kier molecular flexibility index (Phi) is 5.28. The van der Waals surface area contributed by atoms with Crippen molar-refractivity contribution in [2.75, 3.05) is 19.6 Å². The van der Waals surface area contributed by atoms with Crippen LogP contribution in [0.25, 0.3) is 0 Å². The number of oxazole rings is 1. The molecule has 0 spiro atoms. The lowest BCUT2D eigenvalue weighted by Crippen LogP contribution is -2.42. The van der Waals surface area contributed by atoms with E-state index < -0.39 is 0 Å². The van der Waals surface area contributed by atoms with Gasteiger partial charge in [0.25, 0.3) is 0 Å². The van der Waals surface area contributed by atoms with Crippen LogP contribution in [0.1, 0.15) is 62.8 Å². The van der Waals surface area contributed by atoms with Crippen LogP contribution in [0.4, 0.5) is 0 Å². The molecule has 0 atom stereocenters. The molecule has 5 heteroatoms. The Balaban J connectivity index is 1.39. The van der Waals surface area contributed by atoms with E-state index in [-0.39, 0.29) is 11.3 Å². The SMILES string of the molecule is Cc1nc(CN2CCC(CNC(=O)C3(C)CCCC3)CC2)oc1C. The fourth-order valence-corrected chi connectivity index (χ4v) is 3.98. The van der Waals surface area contributed by atoms with E-state index >= 15 is 0 Å². The van der Waals surface area contributed by atoms with Crippen molar-refractivity contribution < 1.29 is 9.21 Å². The zero-order valence-electron chi connectivity index (χ0n) is 15.4. The number of nitrogens with one attached hydrogen (secondary N) is 1. The minimum absolute atomic E-state index is 0.110. The molecule has 1 N–H and O–H groups in total. The average molecular weight is 333 g/mol. The number of aryl methyl sites for hydroxylation is 2. The van der Waals surface area contributed by atoms with Gasteiger partial charge in [-0.15, -0.1) is 0 Å². The predicted octanol–water partition coefficient (Wildman–Crippen LogP) is 3.20. The van der Waals surface area contributed by atoms with Crippen LogP contribution in [0.5, 0.6) is 0 Å². The number of hydrogen-bond acceptors (Lipinski definition) is 4. The molecule has 5 nitrogen and oxygen atoms in total. The third-order valence-corrected chi connectivity index (χ3v) is 5.95. The number of likely N-dealkylation sites (tertiary alicyclic amines) is 1. The van der Waals surface area contributed by atoms with Crippen LogP contribution in [-0.2, 0) is 11.3 Å². The number of carbonyl (C=O) groups excluding carboxylic acids is 1. The van der Waals surface area contributed by atoms with Crippen LogP contribution >= 0.6 is 0 Å². The summed E-state index contributed by atoms with van der Waals surface area (Å²) in [5.74, 6) is 2.62. The van der Waals surface area contributed by atoms with E-state index in [4.69, 9.17) is 4.42 Å². The molecule has 1 aliphatic heterocycles. The van der Waals surface area contributed by atoms with Crippen molar-refractivity contribution in [3.63, 3.8) is 0 Å². The molecule has 134 valence electrons. The molecule has 3 rings (SSSR count). The van der Waals surface area contributed by atoms with E-state index in [2.05, 4.69) is 22.1 Å². The smallest absolute Gasteiger partial charge is 0.225 e. The van der Waals surface area contributed by atoms with Gasteiger partial charge < -0.3 is 9.73 Å². The summed E-state index contributed by atoms with van der Waals surface area (Å²) in [5.41, 5.74) is 0.879. The summed E-state index contributed by atoms with van der Waals surface area (Å²) in [4.78, 5) is 19.3. The molecule has 1 aromatic heterocycles. The molecule has 0 unspecified atom stereocenters. The summed E-state index contributed by atoms with van der Waals surface area (Å²) in [5, 5.41) is 3.22.